The van der Waals surface area contributed by atoms with E-state index >= 15 is 0 Å². The third kappa shape index (κ3) is 4.91. The van der Waals surface area contributed by atoms with Crippen molar-refractivity contribution in [2.24, 2.45) is 5.73 Å². The van der Waals surface area contributed by atoms with E-state index in [0.717, 1.165) is 53.2 Å². The van der Waals surface area contributed by atoms with Crippen LogP contribution in [0.2, 0.25) is 0 Å². The summed E-state index contributed by atoms with van der Waals surface area (Å²) in [5.74, 6) is 1.43. The van der Waals surface area contributed by atoms with Crippen LogP contribution in [0.3, 0.4) is 0 Å². The summed E-state index contributed by atoms with van der Waals surface area (Å²) < 4.78 is 20.4. The molecule has 42 heavy (non-hydrogen) atoms. The number of anilines is 1. The van der Waals surface area contributed by atoms with Gasteiger partial charge in [-0.25, -0.2) is 19.3 Å². The maximum atomic E-state index is 14.6. The average molecular weight is 565 g/mol. The molecule has 0 saturated carbocycles. The molecule has 4 aromatic heterocycles. The van der Waals surface area contributed by atoms with Crippen molar-refractivity contribution in [1.82, 2.24) is 40.0 Å². The van der Waals surface area contributed by atoms with Gasteiger partial charge in [0.25, 0.3) is 0 Å². The second-order valence-electron chi connectivity index (χ2n) is 10.7. The highest BCUT2D eigenvalue weighted by Crippen LogP contribution is 2.34. The maximum absolute atomic E-state index is 14.6. The molecule has 0 amide bonds. The van der Waals surface area contributed by atoms with Gasteiger partial charge in [0, 0.05) is 54.5 Å². The van der Waals surface area contributed by atoms with E-state index in [-0.39, 0.29) is 11.9 Å². The number of nitrogens with zero attached hydrogens (tertiary/aromatic N) is 7. The number of halogens is 1. The smallest absolute Gasteiger partial charge is 0.178 e. The largest absolute Gasteiger partial charge is 0.492 e. The van der Waals surface area contributed by atoms with Gasteiger partial charge in [-0.3, -0.25) is 10.1 Å². The molecule has 12 heteroatoms. The van der Waals surface area contributed by atoms with Gasteiger partial charge < -0.3 is 25.3 Å². The summed E-state index contributed by atoms with van der Waals surface area (Å²) in [7, 11) is 3.92. The average Bonchev–Trinajstić information content (AvgIpc) is 3.59. The Balaban J connectivity index is 1.24. The molecule has 0 aliphatic carbocycles. The first-order chi connectivity index (χ1) is 20.4. The Hall–Kier alpha value is -4.94. The van der Waals surface area contributed by atoms with Crippen molar-refractivity contribution in [1.29, 1.82) is 0 Å². The highest BCUT2D eigenvalue weighted by Gasteiger charge is 2.25. The van der Waals surface area contributed by atoms with Gasteiger partial charge in [-0.2, -0.15) is 5.10 Å². The summed E-state index contributed by atoms with van der Waals surface area (Å²) in [5.41, 5.74) is 11.7. The first-order valence-corrected chi connectivity index (χ1v) is 13.7. The number of benzene rings is 2. The summed E-state index contributed by atoms with van der Waals surface area (Å²) in [6.45, 7) is 2.71. The third-order valence-electron chi connectivity index (χ3n) is 7.32. The number of nitrogens with two attached hydrogens (primary N) is 1. The van der Waals surface area contributed by atoms with Crippen LogP contribution in [0.15, 0.2) is 61.1 Å². The zero-order valence-electron chi connectivity index (χ0n) is 23.2. The van der Waals surface area contributed by atoms with Gasteiger partial charge >= 0.3 is 0 Å². The van der Waals surface area contributed by atoms with E-state index in [2.05, 4.69) is 30.0 Å². The highest BCUT2D eigenvalue weighted by molar-refractivity contribution is 5.97. The summed E-state index contributed by atoms with van der Waals surface area (Å²) >= 11 is 0. The van der Waals surface area contributed by atoms with Gasteiger partial charge in [-0.1, -0.05) is 6.07 Å². The Labute approximate surface area is 240 Å². The summed E-state index contributed by atoms with van der Waals surface area (Å²) in [5, 5.41) is 8.52. The molecular formula is C30H29FN10O. The van der Waals surface area contributed by atoms with Crippen molar-refractivity contribution in [2.75, 3.05) is 45.2 Å². The molecular weight excluding hydrogens is 535 g/mol. The number of pyridine rings is 1. The Morgan fingerprint density at radius 3 is 2.79 bits per heavy atom. The fourth-order valence-corrected chi connectivity index (χ4v) is 5.11. The van der Waals surface area contributed by atoms with Crippen LogP contribution in [0.5, 0.6) is 5.75 Å². The SMILES string of the molecule is CN(C)CCOc1cc(F)cc(-c2ccnc3nc(-c4n[nH]c5ccc(-c6cncc(N7CC(N)C7)n6)cc45)[nH]c23)c1. The topological polar surface area (TPSA) is 138 Å². The first kappa shape index (κ1) is 26.0. The zero-order chi connectivity index (χ0) is 28.8. The fraction of sp³-hybridized carbons (Fsp3) is 0.233. The number of aromatic amines is 2. The molecule has 0 radical (unpaired) electrons. The highest BCUT2D eigenvalue weighted by atomic mass is 19.1. The standard InChI is InChI=1S/C30H29FN10O/c1-40(2)7-8-42-21-10-18(9-19(31)12-21)22-5-6-34-29-27(22)36-30(37-29)28-23-11-17(3-4-24(23)38-39-28)25-13-33-14-26(35-25)41-15-20(32)16-41/h3-6,9-14,20H,7-8,15-16,32H2,1-2H3,(H,38,39)(H,34,36,37). The molecule has 212 valence electrons. The molecule has 1 aliphatic heterocycles. The second kappa shape index (κ2) is 10.5. The molecule has 0 spiro atoms. The summed E-state index contributed by atoms with van der Waals surface area (Å²) in [6, 6.07) is 12.7. The predicted octanol–water partition coefficient (Wildman–Crippen LogP) is 3.85. The van der Waals surface area contributed by atoms with Gasteiger partial charge in [-0.05, 0) is 50.0 Å². The van der Waals surface area contributed by atoms with Crippen molar-refractivity contribution in [2.45, 2.75) is 6.04 Å². The zero-order valence-corrected chi connectivity index (χ0v) is 23.2. The number of H-pyrrole nitrogens is 2. The minimum absolute atomic E-state index is 0.170. The summed E-state index contributed by atoms with van der Waals surface area (Å²) in [4.78, 5) is 25.9. The summed E-state index contributed by atoms with van der Waals surface area (Å²) in [6.07, 6.45) is 5.17. The van der Waals surface area contributed by atoms with Crippen molar-refractivity contribution < 1.29 is 9.13 Å². The van der Waals surface area contributed by atoms with E-state index in [4.69, 9.17) is 20.4 Å². The van der Waals surface area contributed by atoms with Gasteiger partial charge in [-0.15, -0.1) is 0 Å². The molecule has 0 atom stereocenters. The van der Waals surface area contributed by atoms with E-state index < -0.39 is 0 Å². The molecule has 1 aliphatic rings. The van der Waals surface area contributed by atoms with Crippen LogP contribution in [0.25, 0.3) is 56.0 Å². The van der Waals surface area contributed by atoms with Gasteiger partial charge in [0.1, 0.15) is 29.7 Å². The molecule has 2 aromatic carbocycles. The van der Waals surface area contributed by atoms with Crippen LogP contribution in [-0.2, 0) is 0 Å². The molecule has 1 fully saturated rings. The van der Waals surface area contributed by atoms with Crippen LogP contribution in [0.1, 0.15) is 0 Å². The minimum atomic E-state index is -0.382. The molecule has 0 unspecified atom stereocenters. The number of likely N-dealkylation sites (N-methyl/N-ethyl adjacent to an activating group) is 1. The van der Waals surface area contributed by atoms with E-state index in [1.165, 1.54) is 12.1 Å². The maximum Gasteiger partial charge on any atom is 0.178 e. The van der Waals surface area contributed by atoms with Crippen LogP contribution in [0, 0.1) is 5.82 Å². The van der Waals surface area contributed by atoms with Gasteiger partial charge in [0.05, 0.1) is 29.1 Å². The Bertz CT molecular complexity index is 1910. The van der Waals surface area contributed by atoms with E-state index in [0.29, 0.717) is 40.6 Å². The van der Waals surface area contributed by atoms with Crippen molar-refractivity contribution >= 4 is 27.9 Å². The number of ether oxygens (including phenoxy) is 1. The van der Waals surface area contributed by atoms with Crippen LogP contribution in [-0.4, -0.2) is 86.4 Å². The van der Waals surface area contributed by atoms with Crippen molar-refractivity contribution in [3.8, 4) is 39.7 Å². The molecule has 1 saturated heterocycles. The Morgan fingerprint density at radius 1 is 1.07 bits per heavy atom. The van der Waals surface area contributed by atoms with Crippen LogP contribution < -0.4 is 15.4 Å². The Morgan fingerprint density at radius 2 is 1.95 bits per heavy atom. The number of rotatable bonds is 8. The van der Waals surface area contributed by atoms with Crippen molar-refractivity contribution in [3.05, 3.63) is 66.9 Å². The molecule has 6 aromatic rings. The lowest BCUT2D eigenvalue weighted by Crippen LogP contribution is -2.56. The number of hydrogen-bond acceptors (Lipinski definition) is 9. The number of nitrogens with one attached hydrogen (secondary N) is 2. The number of hydrogen-bond donors (Lipinski definition) is 3. The molecule has 5 heterocycles. The van der Waals surface area contributed by atoms with E-state index in [9.17, 15) is 4.39 Å². The van der Waals surface area contributed by atoms with Crippen LogP contribution in [0.4, 0.5) is 10.2 Å². The fourth-order valence-electron chi connectivity index (χ4n) is 5.11. The second-order valence-corrected chi connectivity index (χ2v) is 10.7. The molecule has 4 N–H and O–H groups in total. The normalized spacial score (nSPS) is 13.8. The number of imidazole rings is 1. The van der Waals surface area contributed by atoms with Gasteiger partial charge in [0.15, 0.2) is 11.5 Å². The van der Waals surface area contributed by atoms with E-state index in [1.807, 2.05) is 49.3 Å². The van der Waals surface area contributed by atoms with Gasteiger partial charge in [0.2, 0.25) is 0 Å². The first-order valence-electron chi connectivity index (χ1n) is 13.7. The predicted molar refractivity (Wildman–Crippen MR) is 160 cm³/mol. The Kier molecular flexibility index (Phi) is 6.48. The monoisotopic (exact) mass is 564 g/mol. The lowest BCUT2D eigenvalue weighted by atomic mass is 10.1. The minimum Gasteiger partial charge on any atom is -0.492 e. The van der Waals surface area contributed by atoms with Crippen molar-refractivity contribution in [3.63, 3.8) is 0 Å². The third-order valence-corrected chi connectivity index (χ3v) is 7.32. The van der Waals surface area contributed by atoms with Crippen LogP contribution >= 0.6 is 0 Å². The number of aromatic nitrogens is 7. The molecule has 7 rings (SSSR count). The molecule has 0 bridgehead atoms. The van der Waals surface area contributed by atoms with E-state index in [1.54, 1.807) is 18.6 Å². The lowest BCUT2D eigenvalue weighted by molar-refractivity contribution is 0.260. The quantitative estimate of drug-likeness (QED) is 0.252. The lowest BCUT2D eigenvalue weighted by Gasteiger charge is -2.37. The number of fused-ring (bicyclic) bond motifs is 2. The molecule has 11 nitrogen and oxygen atoms in total.